The van der Waals surface area contributed by atoms with Gasteiger partial charge < -0.3 is 5.32 Å². The maximum atomic E-state index is 12.4. The molecule has 0 fully saturated rings. The summed E-state index contributed by atoms with van der Waals surface area (Å²) in [5.74, 6) is 3.08. The largest absolute Gasteiger partial charge is 0.407 e. The summed E-state index contributed by atoms with van der Waals surface area (Å²) >= 11 is 3.17. The first kappa shape index (κ1) is 31.7. The number of hydrogen-bond acceptors (Lipinski definition) is 1. The summed E-state index contributed by atoms with van der Waals surface area (Å²) in [6.45, 7) is 16.2. The molecule has 1 rings (SSSR count). The molecule has 0 aliphatic carbocycles. The molecule has 0 aliphatic heterocycles. The van der Waals surface area contributed by atoms with Crippen molar-refractivity contribution >= 4 is 15.9 Å². The number of rotatable bonds is 2. The van der Waals surface area contributed by atoms with Crippen molar-refractivity contribution in [1.29, 1.82) is 0 Å². The third-order valence-electron chi connectivity index (χ3n) is 1.82. The molecule has 0 bridgehead atoms. The lowest BCUT2D eigenvalue weighted by atomic mass is 10.1. The third kappa shape index (κ3) is 23.0. The highest BCUT2D eigenvalue weighted by atomic mass is 79.9. The Labute approximate surface area is 161 Å². The standard InChI is InChI=1S/C9H9BrF3N.C4H10.C3H4.2C2H6/c1-14-8(9(11,12)13)6-2-4-7(10)5-3-6;1-4(2)3;1-3-2;2*1-2/h2-5,8,14H,1H3;4H,1-3H3;1H,2H3;2*1-2H3. The van der Waals surface area contributed by atoms with Gasteiger partial charge in [-0.05, 0) is 37.6 Å². The van der Waals surface area contributed by atoms with Crippen molar-refractivity contribution in [2.45, 2.75) is 67.6 Å². The molecule has 0 saturated heterocycles. The van der Waals surface area contributed by atoms with E-state index in [9.17, 15) is 13.2 Å². The molecule has 1 nitrogen and oxygen atoms in total. The number of halogens is 4. The highest BCUT2D eigenvalue weighted by Crippen LogP contribution is 2.32. The van der Waals surface area contributed by atoms with Crippen LogP contribution in [-0.4, -0.2) is 13.2 Å². The summed E-state index contributed by atoms with van der Waals surface area (Å²) in [6, 6.07) is 4.46. The first-order valence-corrected chi connectivity index (χ1v) is 9.26. The van der Waals surface area contributed by atoms with Crippen LogP contribution in [0.3, 0.4) is 0 Å². The van der Waals surface area contributed by atoms with Gasteiger partial charge in [-0.1, -0.05) is 76.5 Å². The number of terminal acetylenes is 1. The van der Waals surface area contributed by atoms with Crippen molar-refractivity contribution in [1.82, 2.24) is 5.32 Å². The Morgan fingerprint density at radius 3 is 1.48 bits per heavy atom. The van der Waals surface area contributed by atoms with Crippen LogP contribution in [0, 0.1) is 18.3 Å². The van der Waals surface area contributed by atoms with Gasteiger partial charge in [0.05, 0.1) is 0 Å². The summed E-state index contributed by atoms with van der Waals surface area (Å²) in [5.41, 5.74) is 0.211. The van der Waals surface area contributed by atoms with Crippen molar-refractivity contribution < 1.29 is 13.2 Å². The van der Waals surface area contributed by atoms with E-state index in [1.165, 1.54) is 19.2 Å². The van der Waals surface area contributed by atoms with Crippen LogP contribution in [0.25, 0.3) is 0 Å². The summed E-state index contributed by atoms with van der Waals surface area (Å²) in [4.78, 5) is 0. The van der Waals surface area contributed by atoms with Crippen LogP contribution >= 0.6 is 15.9 Å². The van der Waals surface area contributed by atoms with E-state index >= 15 is 0 Å². The number of alkyl halides is 3. The smallest absolute Gasteiger partial charge is 0.306 e. The highest BCUT2D eigenvalue weighted by Gasteiger charge is 2.39. The zero-order valence-corrected chi connectivity index (χ0v) is 18.6. The maximum Gasteiger partial charge on any atom is 0.407 e. The normalized spacial score (nSPS) is 10.1. The van der Waals surface area contributed by atoms with Crippen molar-refractivity contribution in [3.05, 3.63) is 34.3 Å². The SMILES string of the molecule is C#CC.CC.CC.CC(C)C.CNC(c1ccc(Br)cc1)C(F)(F)F. The Morgan fingerprint density at radius 2 is 1.28 bits per heavy atom. The minimum Gasteiger partial charge on any atom is -0.306 e. The average Bonchev–Trinajstić information content (AvgIpc) is 2.53. The second-order valence-corrected chi connectivity index (χ2v) is 5.75. The Kier molecular flexibility index (Phi) is 26.7. The zero-order valence-electron chi connectivity index (χ0n) is 17.1. The van der Waals surface area contributed by atoms with Crippen molar-refractivity contribution in [3.8, 4) is 12.3 Å². The average molecular weight is 426 g/mol. The van der Waals surface area contributed by atoms with Gasteiger partial charge in [0.15, 0.2) is 0 Å². The van der Waals surface area contributed by atoms with Crippen LogP contribution in [0.2, 0.25) is 0 Å². The zero-order chi connectivity index (χ0) is 21.1. The van der Waals surface area contributed by atoms with Crippen LogP contribution in [0.15, 0.2) is 28.7 Å². The molecule has 5 heteroatoms. The number of hydrogen-bond donors (Lipinski definition) is 1. The molecule has 1 aromatic carbocycles. The Bertz CT molecular complexity index is 404. The van der Waals surface area contributed by atoms with Gasteiger partial charge in [0, 0.05) is 4.47 Å². The molecular weight excluding hydrogens is 391 g/mol. The van der Waals surface area contributed by atoms with Gasteiger partial charge in [-0.3, -0.25) is 0 Å². The van der Waals surface area contributed by atoms with Crippen molar-refractivity contribution in [2.24, 2.45) is 5.92 Å². The second kappa shape index (κ2) is 21.1. The van der Waals surface area contributed by atoms with Gasteiger partial charge in [0.25, 0.3) is 0 Å². The quantitative estimate of drug-likeness (QED) is 0.480. The predicted molar refractivity (Wildman–Crippen MR) is 110 cm³/mol. The molecule has 0 aliphatic rings. The van der Waals surface area contributed by atoms with Crippen LogP contribution < -0.4 is 5.32 Å². The van der Waals surface area contributed by atoms with Gasteiger partial charge in [0.1, 0.15) is 6.04 Å². The summed E-state index contributed by atoms with van der Waals surface area (Å²) < 4.78 is 38.1. The van der Waals surface area contributed by atoms with Crippen LogP contribution in [-0.2, 0) is 0 Å². The number of nitrogens with one attached hydrogen (secondary N) is 1. The first-order valence-electron chi connectivity index (χ1n) is 8.46. The summed E-state index contributed by atoms with van der Waals surface area (Å²) in [6.07, 6.45) is 0.336. The molecule has 0 radical (unpaired) electrons. The molecule has 1 unspecified atom stereocenters. The minimum absolute atomic E-state index is 0.211. The van der Waals surface area contributed by atoms with Crippen LogP contribution in [0.1, 0.15) is 67.0 Å². The van der Waals surface area contributed by atoms with Gasteiger partial charge in [-0.15, -0.1) is 12.3 Å². The Hall–Kier alpha value is -0.990. The van der Waals surface area contributed by atoms with Gasteiger partial charge >= 0.3 is 6.18 Å². The van der Waals surface area contributed by atoms with E-state index in [1.54, 1.807) is 19.1 Å². The summed E-state index contributed by atoms with van der Waals surface area (Å²) in [7, 11) is 1.29. The van der Waals surface area contributed by atoms with E-state index in [-0.39, 0.29) is 5.56 Å². The highest BCUT2D eigenvalue weighted by molar-refractivity contribution is 9.10. The molecule has 25 heavy (non-hydrogen) atoms. The fourth-order valence-electron chi connectivity index (χ4n) is 1.17. The second-order valence-electron chi connectivity index (χ2n) is 4.84. The predicted octanol–water partition coefficient (Wildman–Crippen LogP) is 7.63. The van der Waals surface area contributed by atoms with Gasteiger partial charge in [0.2, 0.25) is 0 Å². The fraction of sp³-hybridized carbons (Fsp3) is 0.600. The minimum atomic E-state index is -4.26. The molecule has 1 aromatic rings. The summed E-state index contributed by atoms with van der Waals surface area (Å²) in [5, 5.41) is 2.24. The molecule has 0 saturated carbocycles. The molecule has 1 atom stereocenters. The van der Waals surface area contributed by atoms with E-state index in [1.807, 2.05) is 27.7 Å². The van der Waals surface area contributed by atoms with Crippen LogP contribution in [0.4, 0.5) is 13.2 Å². The molecule has 0 spiro atoms. The van der Waals surface area contributed by atoms with E-state index in [2.05, 4.69) is 54.4 Å². The molecule has 0 heterocycles. The third-order valence-corrected chi connectivity index (χ3v) is 2.35. The number of benzene rings is 1. The fourth-order valence-corrected chi connectivity index (χ4v) is 1.44. The van der Waals surface area contributed by atoms with Gasteiger partial charge in [-0.2, -0.15) is 13.2 Å². The Balaban J connectivity index is -0.000000167. The molecule has 0 amide bonds. The van der Waals surface area contributed by atoms with Crippen molar-refractivity contribution in [3.63, 3.8) is 0 Å². The lowest BCUT2D eigenvalue weighted by Gasteiger charge is -2.19. The molecule has 0 aromatic heterocycles. The molecule has 1 N–H and O–H groups in total. The lowest BCUT2D eigenvalue weighted by Crippen LogP contribution is -2.31. The molecule has 148 valence electrons. The Morgan fingerprint density at radius 1 is 1.00 bits per heavy atom. The first-order chi connectivity index (χ1) is 11.6. The van der Waals surface area contributed by atoms with E-state index in [4.69, 9.17) is 0 Å². The van der Waals surface area contributed by atoms with Gasteiger partial charge in [-0.25, -0.2) is 0 Å². The van der Waals surface area contributed by atoms with Crippen LogP contribution in [0.5, 0.6) is 0 Å². The van der Waals surface area contributed by atoms with E-state index in [0.29, 0.717) is 0 Å². The monoisotopic (exact) mass is 425 g/mol. The lowest BCUT2D eigenvalue weighted by molar-refractivity contribution is -0.156. The van der Waals surface area contributed by atoms with E-state index in [0.717, 1.165) is 10.4 Å². The van der Waals surface area contributed by atoms with Crippen molar-refractivity contribution in [2.75, 3.05) is 7.05 Å². The maximum absolute atomic E-state index is 12.4. The van der Waals surface area contributed by atoms with E-state index < -0.39 is 12.2 Å². The molecular formula is C20H35BrF3N. The topological polar surface area (TPSA) is 12.0 Å².